The van der Waals surface area contributed by atoms with Crippen molar-refractivity contribution in [3.05, 3.63) is 36.1 Å². The first-order valence-corrected chi connectivity index (χ1v) is 7.92. The molecular formula is C15H19NO2S. The van der Waals surface area contributed by atoms with E-state index in [0.29, 0.717) is 6.10 Å². The quantitative estimate of drug-likeness (QED) is 0.910. The van der Waals surface area contributed by atoms with E-state index < -0.39 is 0 Å². The van der Waals surface area contributed by atoms with Gasteiger partial charge in [-0.2, -0.15) is 11.8 Å². The van der Waals surface area contributed by atoms with Gasteiger partial charge >= 0.3 is 0 Å². The van der Waals surface area contributed by atoms with Crippen LogP contribution in [0.4, 0.5) is 0 Å². The number of hydrogen-bond acceptors (Lipinski definition) is 4. The van der Waals surface area contributed by atoms with Crippen molar-refractivity contribution in [1.82, 2.24) is 0 Å². The Morgan fingerprint density at radius 1 is 1.37 bits per heavy atom. The molecule has 2 unspecified atom stereocenters. The van der Waals surface area contributed by atoms with Crippen LogP contribution in [-0.2, 0) is 4.74 Å². The average Bonchev–Trinajstić information content (AvgIpc) is 3.07. The van der Waals surface area contributed by atoms with Gasteiger partial charge in [-0.3, -0.25) is 0 Å². The zero-order valence-corrected chi connectivity index (χ0v) is 11.7. The Hall–Kier alpha value is -0.970. The molecule has 1 aromatic heterocycles. The summed E-state index contributed by atoms with van der Waals surface area (Å²) in [6.45, 7) is 0.918. The van der Waals surface area contributed by atoms with Gasteiger partial charge in [0.2, 0.25) is 0 Å². The highest BCUT2D eigenvalue weighted by molar-refractivity contribution is 7.99. The lowest BCUT2D eigenvalue weighted by molar-refractivity contribution is 0.129. The summed E-state index contributed by atoms with van der Waals surface area (Å²) in [6.07, 6.45) is 2.81. The minimum atomic E-state index is -0.0428. The molecule has 0 spiro atoms. The molecule has 102 valence electrons. The molecule has 1 fully saturated rings. The van der Waals surface area contributed by atoms with E-state index >= 15 is 0 Å². The van der Waals surface area contributed by atoms with Gasteiger partial charge in [-0.1, -0.05) is 18.2 Å². The molecule has 19 heavy (non-hydrogen) atoms. The predicted molar refractivity (Wildman–Crippen MR) is 79.4 cm³/mol. The van der Waals surface area contributed by atoms with Crippen LogP contribution in [0.25, 0.3) is 11.0 Å². The Morgan fingerprint density at radius 2 is 2.26 bits per heavy atom. The lowest BCUT2D eigenvalue weighted by atomic mass is 10.2. The van der Waals surface area contributed by atoms with E-state index in [0.717, 1.165) is 34.8 Å². The van der Waals surface area contributed by atoms with Crippen LogP contribution in [0.15, 0.2) is 34.7 Å². The predicted octanol–water partition coefficient (Wildman–Crippen LogP) is 3.34. The standard InChI is InChI=1S/C15H19NO2S/c16-13(10-19-9-12-5-3-7-17-12)15-8-11-4-1-2-6-14(11)18-15/h1-2,4,6,8,12-13H,3,5,7,9-10,16H2. The first-order valence-electron chi connectivity index (χ1n) is 6.76. The van der Waals surface area contributed by atoms with Gasteiger partial charge in [0.25, 0.3) is 0 Å². The molecule has 2 aromatic rings. The van der Waals surface area contributed by atoms with Crippen molar-refractivity contribution in [3.63, 3.8) is 0 Å². The third kappa shape index (κ3) is 3.14. The molecule has 0 aliphatic carbocycles. The highest BCUT2D eigenvalue weighted by Gasteiger charge is 2.17. The zero-order chi connectivity index (χ0) is 13.1. The summed E-state index contributed by atoms with van der Waals surface area (Å²) >= 11 is 1.85. The lowest BCUT2D eigenvalue weighted by Gasteiger charge is -2.11. The van der Waals surface area contributed by atoms with E-state index in [-0.39, 0.29) is 6.04 Å². The van der Waals surface area contributed by atoms with Crippen LogP contribution < -0.4 is 5.73 Å². The molecule has 1 aromatic carbocycles. The highest BCUT2D eigenvalue weighted by atomic mass is 32.2. The molecule has 0 amide bonds. The first-order chi connectivity index (χ1) is 9.33. The summed E-state index contributed by atoms with van der Waals surface area (Å²) in [5, 5.41) is 1.12. The second-order valence-electron chi connectivity index (χ2n) is 4.97. The van der Waals surface area contributed by atoms with Gasteiger partial charge in [-0.25, -0.2) is 0 Å². The molecule has 0 saturated carbocycles. The topological polar surface area (TPSA) is 48.4 Å². The van der Waals surface area contributed by atoms with Gasteiger partial charge in [0.05, 0.1) is 12.1 Å². The summed E-state index contributed by atoms with van der Waals surface area (Å²) in [4.78, 5) is 0. The van der Waals surface area contributed by atoms with Gasteiger partial charge in [0.15, 0.2) is 0 Å². The molecule has 4 heteroatoms. The van der Waals surface area contributed by atoms with Crippen molar-refractivity contribution in [1.29, 1.82) is 0 Å². The summed E-state index contributed by atoms with van der Waals surface area (Å²) in [5.74, 6) is 2.79. The van der Waals surface area contributed by atoms with Crippen molar-refractivity contribution >= 4 is 22.7 Å². The van der Waals surface area contributed by atoms with Crippen LogP contribution in [0.1, 0.15) is 24.6 Å². The SMILES string of the molecule is NC(CSCC1CCCO1)c1cc2ccccc2o1. The molecule has 1 aliphatic rings. The van der Waals surface area contributed by atoms with Crippen molar-refractivity contribution in [2.24, 2.45) is 5.73 Å². The van der Waals surface area contributed by atoms with Crippen LogP contribution in [-0.4, -0.2) is 24.2 Å². The van der Waals surface area contributed by atoms with E-state index in [1.807, 2.05) is 36.0 Å². The Bertz CT molecular complexity index is 501. The Balaban J connectivity index is 1.55. The molecule has 1 aliphatic heterocycles. The number of rotatable bonds is 5. The van der Waals surface area contributed by atoms with E-state index in [1.165, 1.54) is 12.8 Å². The fraction of sp³-hybridized carbons (Fsp3) is 0.467. The molecule has 3 rings (SSSR count). The van der Waals surface area contributed by atoms with Gasteiger partial charge in [0.1, 0.15) is 11.3 Å². The molecule has 0 bridgehead atoms. The molecule has 2 atom stereocenters. The zero-order valence-electron chi connectivity index (χ0n) is 10.9. The van der Waals surface area contributed by atoms with Crippen LogP contribution in [0.3, 0.4) is 0 Å². The minimum Gasteiger partial charge on any atom is -0.459 e. The first kappa shape index (κ1) is 13.0. The smallest absolute Gasteiger partial charge is 0.134 e. The summed E-state index contributed by atoms with van der Waals surface area (Å²) in [5.41, 5.74) is 7.10. The molecule has 2 heterocycles. The van der Waals surface area contributed by atoms with Crippen LogP contribution in [0.5, 0.6) is 0 Å². The van der Waals surface area contributed by atoms with Gasteiger partial charge in [-0.15, -0.1) is 0 Å². The largest absolute Gasteiger partial charge is 0.459 e. The molecule has 2 N–H and O–H groups in total. The lowest BCUT2D eigenvalue weighted by Crippen LogP contribution is -2.15. The number of furan rings is 1. The van der Waals surface area contributed by atoms with Crippen LogP contribution in [0.2, 0.25) is 0 Å². The summed E-state index contributed by atoms with van der Waals surface area (Å²) in [6, 6.07) is 10.0. The normalized spacial score (nSPS) is 21.0. The molecule has 0 radical (unpaired) electrons. The molecule has 1 saturated heterocycles. The van der Waals surface area contributed by atoms with E-state index in [2.05, 4.69) is 6.07 Å². The number of hydrogen-bond donors (Lipinski definition) is 1. The Morgan fingerprint density at radius 3 is 3.05 bits per heavy atom. The number of para-hydroxylation sites is 1. The van der Waals surface area contributed by atoms with Gasteiger partial charge in [-0.05, 0) is 25.0 Å². The number of nitrogens with two attached hydrogens (primary N) is 1. The highest BCUT2D eigenvalue weighted by Crippen LogP contribution is 2.25. The van der Waals surface area contributed by atoms with Gasteiger partial charge in [0, 0.05) is 23.5 Å². The minimum absolute atomic E-state index is 0.0428. The summed E-state index contributed by atoms with van der Waals surface area (Å²) in [7, 11) is 0. The third-order valence-corrected chi connectivity index (χ3v) is 4.64. The van der Waals surface area contributed by atoms with E-state index in [9.17, 15) is 0 Å². The monoisotopic (exact) mass is 277 g/mol. The van der Waals surface area contributed by atoms with Crippen LogP contribution >= 0.6 is 11.8 Å². The second-order valence-corrected chi connectivity index (χ2v) is 6.04. The number of fused-ring (bicyclic) bond motifs is 1. The maximum atomic E-state index is 6.19. The fourth-order valence-electron chi connectivity index (χ4n) is 2.37. The second kappa shape index (κ2) is 5.99. The van der Waals surface area contributed by atoms with Crippen molar-refractivity contribution in [3.8, 4) is 0 Å². The third-order valence-electron chi connectivity index (χ3n) is 3.44. The van der Waals surface area contributed by atoms with Crippen LogP contribution in [0, 0.1) is 0 Å². The van der Waals surface area contributed by atoms with E-state index in [1.54, 1.807) is 0 Å². The average molecular weight is 277 g/mol. The van der Waals surface area contributed by atoms with Crippen molar-refractivity contribution < 1.29 is 9.15 Å². The van der Waals surface area contributed by atoms with Crippen molar-refractivity contribution in [2.75, 3.05) is 18.1 Å². The number of benzene rings is 1. The molecular weight excluding hydrogens is 258 g/mol. The summed E-state index contributed by atoms with van der Waals surface area (Å²) < 4.78 is 11.4. The number of ether oxygens (including phenoxy) is 1. The van der Waals surface area contributed by atoms with E-state index in [4.69, 9.17) is 14.9 Å². The van der Waals surface area contributed by atoms with Gasteiger partial charge < -0.3 is 14.9 Å². The Kier molecular flexibility index (Phi) is 4.11. The fourth-order valence-corrected chi connectivity index (χ4v) is 3.45. The maximum Gasteiger partial charge on any atom is 0.134 e. The van der Waals surface area contributed by atoms with Crippen molar-refractivity contribution in [2.45, 2.75) is 25.0 Å². The maximum absolute atomic E-state index is 6.19. The molecule has 3 nitrogen and oxygen atoms in total. The number of thioether (sulfide) groups is 1. The Labute approximate surface area is 117 Å².